The van der Waals surface area contributed by atoms with E-state index in [1.165, 1.54) is 6.92 Å². The molecule has 2 saturated carbocycles. The zero-order valence-corrected chi connectivity index (χ0v) is 20.0. The monoisotopic (exact) mass is 590 g/mol. The summed E-state index contributed by atoms with van der Waals surface area (Å²) < 4.78 is 182. The van der Waals surface area contributed by atoms with Crippen molar-refractivity contribution in [1.29, 1.82) is 0 Å². The second-order valence-electron chi connectivity index (χ2n) is 11.0. The second kappa shape index (κ2) is 8.54. The van der Waals surface area contributed by atoms with Crippen molar-refractivity contribution in [2.45, 2.75) is 86.8 Å². The molecule has 6 atom stereocenters. The Balaban J connectivity index is 1.88. The number of halogens is 13. The number of aliphatic hydroxyl groups is 1. The lowest BCUT2D eigenvalue weighted by Gasteiger charge is -2.56. The topological polar surface area (TPSA) is 40.5 Å². The van der Waals surface area contributed by atoms with E-state index in [0.29, 0.717) is 0 Å². The summed E-state index contributed by atoms with van der Waals surface area (Å²) in [5, 5.41) is 20.3. The van der Waals surface area contributed by atoms with Gasteiger partial charge in [-0.1, -0.05) is 13.0 Å². The summed E-state index contributed by atoms with van der Waals surface area (Å²) >= 11 is 0. The van der Waals surface area contributed by atoms with E-state index < -0.39 is 77.4 Å². The maximum atomic E-state index is 15.7. The molecule has 1 aromatic carbocycles. The molecule has 39 heavy (non-hydrogen) atoms. The van der Waals surface area contributed by atoms with Crippen LogP contribution < -0.4 is 0 Å². The minimum Gasteiger partial charge on any atom is -0.508 e. The van der Waals surface area contributed by atoms with Gasteiger partial charge in [0.1, 0.15) is 5.75 Å². The van der Waals surface area contributed by atoms with Crippen LogP contribution in [-0.2, 0) is 6.42 Å². The number of aryl methyl sites for hydroxylation is 1. The van der Waals surface area contributed by atoms with Gasteiger partial charge in [-0.05, 0) is 78.5 Å². The van der Waals surface area contributed by atoms with E-state index in [0.717, 1.165) is 18.2 Å². The summed E-state index contributed by atoms with van der Waals surface area (Å²) in [6.45, 7) is 1.24. The quantitative estimate of drug-likeness (QED) is 0.348. The van der Waals surface area contributed by atoms with Crippen LogP contribution in [0.25, 0.3) is 0 Å². The van der Waals surface area contributed by atoms with Crippen molar-refractivity contribution in [1.82, 2.24) is 0 Å². The Morgan fingerprint density at radius 3 is 1.90 bits per heavy atom. The maximum Gasteiger partial charge on any atom is 0.460 e. The number of hydrogen-bond acceptors (Lipinski definition) is 2. The van der Waals surface area contributed by atoms with Crippen molar-refractivity contribution >= 4 is 0 Å². The summed E-state index contributed by atoms with van der Waals surface area (Å²) in [7, 11) is 0. The van der Waals surface area contributed by atoms with Gasteiger partial charge >= 0.3 is 35.8 Å². The van der Waals surface area contributed by atoms with Crippen molar-refractivity contribution in [3.63, 3.8) is 0 Å². The van der Waals surface area contributed by atoms with Gasteiger partial charge in [-0.3, -0.25) is 0 Å². The van der Waals surface area contributed by atoms with Gasteiger partial charge in [0.2, 0.25) is 0 Å². The van der Waals surface area contributed by atoms with Gasteiger partial charge in [0, 0.05) is 5.92 Å². The molecule has 1 aromatic rings. The average molecular weight is 590 g/mol. The SMILES string of the molecule is C[C@@]12C[C@H](C(F)(F)C(F)(F)C(F)(F)C(F)(F)C(F)(F)C(F)(F)F)[C@@H]3c4ccc(O)cc4CC[C@H]3[C@@H]1CC[C@@H]2O. The molecule has 0 amide bonds. The van der Waals surface area contributed by atoms with Gasteiger partial charge in [0.05, 0.1) is 6.10 Å². The van der Waals surface area contributed by atoms with E-state index in [1.54, 1.807) is 0 Å². The number of benzene rings is 1. The van der Waals surface area contributed by atoms with E-state index in [1.807, 2.05) is 0 Å². The summed E-state index contributed by atoms with van der Waals surface area (Å²) in [6, 6.07) is 3.18. The molecular weight excluding hydrogens is 567 g/mol. The molecule has 0 bridgehead atoms. The number of alkyl halides is 13. The maximum absolute atomic E-state index is 15.7. The standard InChI is InChI=1S/C24H23F13O2/c1-18-9-15(19(25,26)20(27,28)21(29,30)22(31,32)23(33,34)24(35,36)37)17-12-5-3-11(38)8-10(12)2-4-13(17)14(18)6-7-16(18)39/h3,5,8,13-17,38-39H,2,4,6-7,9H2,1H3/t13-,14-,15-,16-,17+,18+/m0/s1. The Kier molecular flexibility index (Phi) is 6.58. The molecule has 0 spiro atoms. The predicted octanol–water partition coefficient (Wildman–Crippen LogP) is 7.57. The molecule has 0 radical (unpaired) electrons. The molecular formula is C24H23F13O2. The van der Waals surface area contributed by atoms with Crippen LogP contribution in [0.4, 0.5) is 57.1 Å². The van der Waals surface area contributed by atoms with E-state index >= 15 is 8.78 Å². The minimum absolute atomic E-state index is 0.00898. The van der Waals surface area contributed by atoms with Crippen molar-refractivity contribution in [2.75, 3.05) is 0 Å². The Bertz CT molecular complexity index is 1120. The molecule has 0 aromatic heterocycles. The molecule has 3 aliphatic rings. The highest BCUT2D eigenvalue weighted by Crippen LogP contribution is 2.69. The molecule has 4 rings (SSSR count). The van der Waals surface area contributed by atoms with Crippen molar-refractivity contribution in [3.05, 3.63) is 29.3 Å². The number of rotatable bonds is 5. The van der Waals surface area contributed by atoms with Crippen LogP contribution in [0.1, 0.15) is 49.7 Å². The molecule has 2 fully saturated rings. The van der Waals surface area contributed by atoms with Crippen molar-refractivity contribution < 1.29 is 67.3 Å². The minimum atomic E-state index is -7.96. The van der Waals surface area contributed by atoms with Crippen LogP contribution in [0.3, 0.4) is 0 Å². The molecule has 2 N–H and O–H groups in total. The summed E-state index contributed by atoms with van der Waals surface area (Å²) in [6.07, 6.45) is -9.63. The average Bonchev–Trinajstić information content (AvgIpc) is 3.11. The van der Waals surface area contributed by atoms with Crippen LogP contribution in [0.15, 0.2) is 18.2 Å². The molecule has 222 valence electrons. The third kappa shape index (κ3) is 3.79. The molecule has 3 aliphatic carbocycles. The van der Waals surface area contributed by atoms with E-state index in [-0.39, 0.29) is 42.6 Å². The smallest absolute Gasteiger partial charge is 0.460 e. The summed E-state index contributed by atoms with van der Waals surface area (Å²) in [5.41, 5.74) is -1.51. The first kappa shape index (κ1) is 30.0. The number of phenolic OH excluding ortho intramolecular Hbond substituents is 1. The number of aliphatic hydroxyl groups excluding tert-OH is 1. The van der Waals surface area contributed by atoms with Crippen LogP contribution in [0.2, 0.25) is 0 Å². The zero-order chi connectivity index (χ0) is 29.8. The molecule has 0 heterocycles. The fourth-order valence-electron chi connectivity index (χ4n) is 7.04. The van der Waals surface area contributed by atoms with Gasteiger partial charge in [-0.25, -0.2) is 0 Å². The predicted molar refractivity (Wildman–Crippen MR) is 108 cm³/mol. The third-order valence-corrected chi connectivity index (χ3v) is 9.09. The highest BCUT2D eigenvalue weighted by molar-refractivity contribution is 5.41. The molecule has 0 saturated heterocycles. The van der Waals surface area contributed by atoms with Crippen LogP contribution in [-0.4, -0.2) is 52.1 Å². The molecule has 0 unspecified atom stereocenters. The van der Waals surface area contributed by atoms with Gasteiger partial charge in [0.15, 0.2) is 0 Å². The first-order valence-electron chi connectivity index (χ1n) is 11.9. The van der Waals surface area contributed by atoms with Crippen LogP contribution >= 0.6 is 0 Å². The first-order valence-corrected chi connectivity index (χ1v) is 11.9. The third-order valence-electron chi connectivity index (χ3n) is 9.09. The number of phenols is 1. The lowest BCUT2D eigenvalue weighted by molar-refractivity contribution is -0.444. The Morgan fingerprint density at radius 2 is 1.33 bits per heavy atom. The van der Waals surface area contributed by atoms with Gasteiger partial charge < -0.3 is 10.2 Å². The lowest BCUT2D eigenvalue weighted by Crippen LogP contribution is -2.72. The fourth-order valence-corrected chi connectivity index (χ4v) is 7.04. The van der Waals surface area contributed by atoms with Gasteiger partial charge in [-0.2, -0.15) is 57.1 Å². The molecule has 2 nitrogen and oxygen atoms in total. The van der Waals surface area contributed by atoms with Crippen LogP contribution in [0, 0.1) is 23.2 Å². The number of fused-ring (bicyclic) bond motifs is 5. The van der Waals surface area contributed by atoms with E-state index in [4.69, 9.17) is 0 Å². The highest BCUT2D eigenvalue weighted by atomic mass is 19.4. The van der Waals surface area contributed by atoms with Crippen molar-refractivity contribution in [3.8, 4) is 5.75 Å². The fraction of sp³-hybridized carbons (Fsp3) is 0.750. The normalized spacial score (nSPS) is 32.4. The Hall–Kier alpha value is -1.93. The Labute approximate surface area is 213 Å². The van der Waals surface area contributed by atoms with E-state index in [2.05, 4.69) is 0 Å². The Morgan fingerprint density at radius 1 is 0.769 bits per heavy atom. The van der Waals surface area contributed by atoms with Gasteiger partial charge in [0.25, 0.3) is 0 Å². The van der Waals surface area contributed by atoms with Gasteiger partial charge in [-0.15, -0.1) is 0 Å². The number of aromatic hydroxyl groups is 1. The van der Waals surface area contributed by atoms with Crippen molar-refractivity contribution in [2.24, 2.45) is 23.2 Å². The zero-order valence-electron chi connectivity index (χ0n) is 20.0. The highest BCUT2D eigenvalue weighted by Gasteiger charge is 2.91. The molecule has 15 heteroatoms. The first-order chi connectivity index (χ1) is 17.5. The number of hydrogen-bond donors (Lipinski definition) is 2. The van der Waals surface area contributed by atoms with Crippen LogP contribution in [0.5, 0.6) is 5.75 Å². The lowest BCUT2D eigenvalue weighted by atomic mass is 9.50. The second-order valence-corrected chi connectivity index (χ2v) is 11.0. The molecule has 0 aliphatic heterocycles. The largest absolute Gasteiger partial charge is 0.508 e. The summed E-state index contributed by atoms with van der Waals surface area (Å²) in [5.74, 6) is -43.9. The summed E-state index contributed by atoms with van der Waals surface area (Å²) in [4.78, 5) is 0. The van der Waals surface area contributed by atoms with E-state index in [9.17, 15) is 58.5 Å².